The molecule has 3 rings (SSSR count). The normalized spacial score (nSPS) is 25.1. The first-order valence-electron chi connectivity index (χ1n) is 13.7. The van der Waals surface area contributed by atoms with Crippen molar-refractivity contribution in [2.45, 2.75) is 77.4 Å². The predicted octanol–water partition coefficient (Wildman–Crippen LogP) is 1.55. The van der Waals surface area contributed by atoms with Gasteiger partial charge in [-0.15, -0.1) is 0 Å². The molecule has 0 aromatic rings. The van der Waals surface area contributed by atoms with Crippen LogP contribution in [0.1, 0.15) is 65.7 Å². The van der Waals surface area contributed by atoms with Crippen LogP contribution >= 0.6 is 0 Å². The molecule has 0 unspecified atom stereocenters. The predicted molar refractivity (Wildman–Crippen MR) is 134 cm³/mol. The molecule has 3 heterocycles. The number of hydrogen-bond donors (Lipinski definition) is 2. The van der Waals surface area contributed by atoms with Crippen molar-refractivity contribution >= 4 is 17.8 Å². The van der Waals surface area contributed by atoms with Crippen LogP contribution in [0.3, 0.4) is 0 Å². The molecule has 9 nitrogen and oxygen atoms in total. The van der Waals surface area contributed by atoms with Gasteiger partial charge in [-0.2, -0.15) is 0 Å². The Labute approximate surface area is 210 Å². The van der Waals surface area contributed by atoms with E-state index in [0.717, 1.165) is 51.5 Å². The van der Waals surface area contributed by atoms with E-state index in [1.54, 1.807) is 11.8 Å². The number of amides is 1. The quantitative estimate of drug-likeness (QED) is 0.418. The van der Waals surface area contributed by atoms with Crippen LogP contribution < -0.4 is 10.6 Å². The average Bonchev–Trinajstić information content (AvgIpc) is 2.84. The molecule has 9 heteroatoms. The number of rotatable bonds is 11. The summed E-state index contributed by atoms with van der Waals surface area (Å²) in [6.07, 6.45) is 5.46. The van der Waals surface area contributed by atoms with E-state index in [2.05, 4.69) is 15.5 Å². The maximum atomic E-state index is 13.8. The summed E-state index contributed by atoms with van der Waals surface area (Å²) in [4.78, 5) is 42.8. The second-order valence-corrected chi connectivity index (χ2v) is 10.6. The second-order valence-electron chi connectivity index (χ2n) is 10.6. The van der Waals surface area contributed by atoms with Crippen LogP contribution in [0.5, 0.6) is 0 Å². The zero-order chi connectivity index (χ0) is 25.3. The summed E-state index contributed by atoms with van der Waals surface area (Å²) in [7, 11) is 0. The number of esters is 2. The Balaban J connectivity index is 1.64. The van der Waals surface area contributed by atoms with Crippen LogP contribution in [0.15, 0.2) is 0 Å². The fraction of sp³-hybridized carbons (Fsp3) is 0.885. The van der Waals surface area contributed by atoms with Crippen LogP contribution in [0.4, 0.5) is 0 Å². The summed E-state index contributed by atoms with van der Waals surface area (Å²) in [5.41, 5.74) is -0.972. The molecule has 2 N–H and O–H groups in total. The van der Waals surface area contributed by atoms with E-state index in [9.17, 15) is 14.4 Å². The molecule has 0 aliphatic carbocycles. The molecule has 3 fully saturated rings. The Morgan fingerprint density at radius 3 is 2.40 bits per heavy atom. The van der Waals surface area contributed by atoms with Crippen molar-refractivity contribution in [3.8, 4) is 0 Å². The first-order valence-corrected chi connectivity index (χ1v) is 13.7. The zero-order valence-corrected chi connectivity index (χ0v) is 22.0. The number of nitrogens with zero attached hydrogens (tertiary/aromatic N) is 2. The highest BCUT2D eigenvalue weighted by atomic mass is 16.5. The molecule has 3 aliphatic rings. The number of hydrogen-bond acceptors (Lipinski definition) is 8. The Kier molecular flexibility index (Phi) is 10.8. The van der Waals surface area contributed by atoms with Crippen molar-refractivity contribution in [2.75, 3.05) is 59.0 Å². The number of likely N-dealkylation sites (tertiary alicyclic amines) is 1. The van der Waals surface area contributed by atoms with Crippen LogP contribution in [0.25, 0.3) is 0 Å². The Morgan fingerprint density at radius 2 is 1.74 bits per heavy atom. The second kappa shape index (κ2) is 13.6. The molecule has 0 spiro atoms. The van der Waals surface area contributed by atoms with Crippen LogP contribution in [-0.4, -0.2) is 98.3 Å². The molecule has 35 heavy (non-hydrogen) atoms. The maximum absolute atomic E-state index is 13.8. The lowest BCUT2D eigenvalue weighted by molar-refractivity contribution is -0.159. The molecule has 200 valence electrons. The van der Waals surface area contributed by atoms with Crippen LogP contribution in [-0.2, 0) is 23.9 Å². The van der Waals surface area contributed by atoms with E-state index >= 15 is 0 Å². The number of piperazine rings is 1. The van der Waals surface area contributed by atoms with E-state index in [1.807, 2.05) is 13.8 Å². The zero-order valence-electron chi connectivity index (χ0n) is 22.0. The third kappa shape index (κ3) is 7.89. The van der Waals surface area contributed by atoms with Gasteiger partial charge >= 0.3 is 11.9 Å². The van der Waals surface area contributed by atoms with E-state index in [1.165, 1.54) is 19.3 Å². The SMILES string of the molecule is CCOC(=O)CCN1CCN[C@@](CC(=O)OC(C)C)(C2CCN(CCC3CCNCC3)CC2)C1=O. The summed E-state index contributed by atoms with van der Waals surface area (Å²) in [6.45, 7) is 12.4. The van der Waals surface area contributed by atoms with Crippen molar-refractivity contribution in [1.82, 2.24) is 20.4 Å². The summed E-state index contributed by atoms with van der Waals surface area (Å²) < 4.78 is 10.5. The monoisotopic (exact) mass is 494 g/mol. The van der Waals surface area contributed by atoms with E-state index in [0.29, 0.717) is 26.2 Å². The molecule has 0 radical (unpaired) electrons. The van der Waals surface area contributed by atoms with E-state index in [-0.39, 0.29) is 42.7 Å². The van der Waals surface area contributed by atoms with Crippen molar-refractivity contribution in [1.29, 1.82) is 0 Å². The topological polar surface area (TPSA) is 100 Å². The molecule has 0 saturated carbocycles. The third-order valence-corrected chi connectivity index (χ3v) is 7.77. The first-order chi connectivity index (χ1) is 16.8. The summed E-state index contributed by atoms with van der Waals surface area (Å²) in [5.74, 6) is 0.130. The minimum atomic E-state index is -0.972. The number of ether oxygens (including phenoxy) is 2. The molecule has 0 aromatic heterocycles. The lowest BCUT2D eigenvalue weighted by Gasteiger charge is -2.49. The van der Waals surface area contributed by atoms with Gasteiger partial charge in [0.1, 0.15) is 5.54 Å². The van der Waals surface area contributed by atoms with Gasteiger partial charge in [0.2, 0.25) is 5.91 Å². The third-order valence-electron chi connectivity index (χ3n) is 7.77. The molecule has 3 aliphatic heterocycles. The van der Waals surface area contributed by atoms with Gasteiger partial charge < -0.3 is 29.9 Å². The lowest BCUT2D eigenvalue weighted by atomic mass is 9.73. The van der Waals surface area contributed by atoms with Crippen LogP contribution in [0.2, 0.25) is 0 Å². The largest absolute Gasteiger partial charge is 0.466 e. The molecule has 1 atom stereocenters. The highest BCUT2D eigenvalue weighted by Gasteiger charge is 2.51. The van der Waals surface area contributed by atoms with Crippen molar-refractivity contribution in [3.05, 3.63) is 0 Å². The van der Waals surface area contributed by atoms with E-state index in [4.69, 9.17) is 9.47 Å². The van der Waals surface area contributed by atoms with Gasteiger partial charge in [0.05, 0.1) is 25.6 Å². The first kappa shape index (κ1) is 27.9. The minimum Gasteiger partial charge on any atom is -0.466 e. The Hall–Kier alpha value is -1.71. The molecule has 0 aromatic carbocycles. The van der Waals surface area contributed by atoms with Gasteiger partial charge in [0.25, 0.3) is 0 Å². The number of carbonyl (C=O) groups excluding carboxylic acids is 3. The number of carbonyl (C=O) groups is 3. The fourth-order valence-corrected chi connectivity index (χ4v) is 5.86. The molecule has 3 saturated heterocycles. The summed E-state index contributed by atoms with van der Waals surface area (Å²) >= 11 is 0. The highest BCUT2D eigenvalue weighted by Crippen LogP contribution is 2.35. The van der Waals surface area contributed by atoms with Gasteiger partial charge in [-0.05, 0) is 97.4 Å². The van der Waals surface area contributed by atoms with Crippen molar-refractivity contribution < 1.29 is 23.9 Å². The van der Waals surface area contributed by atoms with Gasteiger partial charge in [-0.3, -0.25) is 14.4 Å². The average molecular weight is 495 g/mol. The standard InChI is InChI=1S/C26H46N4O5/c1-4-34-23(31)10-17-30-18-13-28-26(25(30)33,19-24(32)35-20(2)3)22-8-15-29(16-9-22)14-7-21-5-11-27-12-6-21/h20-22,27-28H,4-19H2,1-3H3/t26-/m0/s1. The van der Waals surface area contributed by atoms with E-state index < -0.39 is 5.54 Å². The van der Waals surface area contributed by atoms with Crippen LogP contribution in [0, 0.1) is 11.8 Å². The van der Waals surface area contributed by atoms with Crippen molar-refractivity contribution in [2.24, 2.45) is 11.8 Å². The molecular weight excluding hydrogens is 448 g/mol. The minimum absolute atomic E-state index is 0.0274. The highest BCUT2D eigenvalue weighted by molar-refractivity contribution is 5.92. The van der Waals surface area contributed by atoms with Gasteiger partial charge in [0.15, 0.2) is 0 Å². The van der Waals surface area contributed by atoms with Gasteiger partial charge in [0, 0.05) is 19.6 Å². The van der Waals surface area contributed by atoms with Crippen molar-refractivity contribution in [3.63, 3.8) is 0 Å². The maximum Gasteiger partial charge on any atom is 0.308 e. The fourth-order valence-electron chi connectivity index (χ4n) is 5.86. The molecule has 0 bridgehead atoms. The lowest BCUT2D eigenvalue weighted by Crippen LogP contribution is -2.69. The molecular formula is C26H46N4O5. The van der Waals surface area contributed by atoms with Gasteiger partial charge in [-0.25, -0.2) is 0 Å². The Bertz CT molecular complexity index is 704. The smallest absolute Gasteiger partial charge is 0.308 e. The summed E-state index contributed by atoms with van der Waals surface area (Å²) in [6, 6.07) is 0. The number of nitrogens with one attached hydrogen (secondary N) is 2. The Morgan fingerprint density at radius 1 is 1.03 bits per heavy atom. The summed E-state index contributed by atoms with van der Waals surface area (Å²) in [5, 5.41) is 6.90. The number of piperidine rings is 2. The van der Waals surface area contributed by atoms with Gasteiger partial charge in [-0.1, -0.05) is 0 Å². The molecule has 1 amide bonds.